The molecular formula is C34H46N4O3. The highest BCUT2D eigenvalue weighted by Gasteiger charge is 2.29. The van der Waals surface area contributed by atoms with Crippen LogP contribution in [-0.2, 0) is 4.79 Å². The number of carbonyl (C=O) groups is 1. The number of benzene rings is 2. The van der Waals surface area contributed by atoms with Crippen LogP contribution in [0.2, 0.25) is 0 Å². The molecule has 1 unspecified atom stereocenters. The van der Waals surface area contributed by atoms with Gasteiger partial charge >= 0.3 is 0 Å². The van der Waals surface area contributed by atoms with Crippen LogP contribution in [0.4, 0.5) is 11.4 Å². The molecule has 220 valence electrons. The molecule has 3 heterocycles. The molecule has 1 N–H and O–H groups in total. The molecule has 7 nitrogen and oxygen atoms in total. The number of likely N-dealkylation sites (N-methyl/N-ethyl adjacent to an activating group) is 1. The number of piperidine rings is 1. The van der Waals surface area contributed by atoms with Gasteiger partial charge < -0.3 is 24.5 Å². The number of fused-ring (bicyclic) bond motifs is 1. The smallest absolute Gasteiger partial charge is 0.228 e. The second kappa shape index (κ2) is 13.9. The first-order valence-electron chi connectivity index (χ1n) is 14.9. The Bertz CT molecular complexity index is 1280. The van der Waals surface area contributed by atoms with Gasteiger partial charge in [-0.15, -0.1) is 0 Å². The van der Waals surface area contributed by atoms with Crippen LogP contribution in [0.15, 0.2) is 77.1 Å². The Morgan fingerprint density at radius 2 is 1.71 bits per heavy atom. The summed E-state index contributed by atoms with van der Waals surface area (Å²) in [6.07, 6.45) is 7.54. The van der Waals surface area contributed by atoms with Crippen molar-refractivity contribution in [1.29, 1.82) is 0 Å². The number of aryl methyl sites for hydroxylation is 1. The Labute approximate surface area is 245 Å². The summed E-state index contributed by atoms with van der Waals surface area (Å²) in [7, 11) is 1.85. The summed E-state index contributed by atoms with van der Waals surface area (Å²) in [5.74, 6) is 2.34. The Morgan fingerprint density at radius 3 is 2.39 bits per heavy atom. The molecule has 5 rings (SSSR count). The van der Waals surface area contributed by atoms with Crippen molar-refractivity contribution in [1.82, 2.24) is 4.90 Å². The van der Waals surface area contributed by atoms with Crippen LogP contribution in [0.25, 0.3) is 0 Å². The fourth-order valence-electron chi connectivity index (χ4n) is 5.26. The van der Waals surface area contributed by atoms with Gasteiger partial charge in [0.25, 0.3) is 0 Å². The fraction of sp³-hybridized carbons (Fsp3) is 0.471. The van der Waals surface area contributed by atoms with Crippen molar-refractivity contribution < 1.29 is 14.6 Å². The molecule has 3 aliphatic heterocycles. The van der Waals surface area contributed by atoms with Crippen molar-refractivity contribution >= 4 is 23.1 Å². The van der Waals surface area contributed by atoms with E-state index in [0.29, 0.717) is 18.9 Å². The molecule has 2 aromatic rings. The van der Waals surface area contributed by atoms with Gasteiger partial charge in [0.05, 0.1) is 17.9 Å². The average Bonchev–Trinajstić information content (AvgIpc) is 3.05. The fourth-order valence-corrected chi connectivity index (χ4v) is 5.26. The van der Waals surface area contributed by atoms with Gasteiger partial charge in [0, 0.05) is 56.2 Å². The van der Waals surface area contributed by atoms with E-state index in [2.05, 4.69) is 66.1 Å². The molecule has 0 saturated carbocycles. The van der Waals surface area contributed by atoms with Crippen molar-refractivity contribution in [3.05, 3.63) is 77.6 Å². The highest BCUT2D eigenvalue weighted by molar-refractivity contribution is 6.13. The number of amides is 1. The molecule has 0 spiro atoms. The summed E-state index contributed by atoms with van der Waals surface area (Å²) in [4.78, 5) is 23.5. The summed E-state index contributed by atoms with van der Waals surface area (Å²) < 4.78 is 5.82. The highest BCUT2D eigenvalue weighted by atomic mass is 16.5. The van der Waals surface area contributed by atoms with Gasteiger partial charge in [0.2, 0.25) is 5.91 Å². The normalized spacial score (nSPS) is 23.9. The quantitative estimate of drug-likeness (QED) is 0.475. The van der Waals surface area contributed by atoms with Gasteiger partial charge in [-0.25, -0.2) is 4.99 Å². The van der Waals surface area contributed by atoms with E-state index in [-0.39, 0.29) is 18.1 Å². The van der Waals surface area contributed by atoms with Gasteiger partial charge in [-0.1, -0.05) is 43.3 Å². The van der Waals surface area contributed by atoms with E-state index in [9.17, 15) is 9.90 Å². The molecule has 2 aromatic carbocycles. The third kappa shape index (κ3) is 8.00. The van der Waals surface area contributed by atoms with E-state index in [4.69, 9.17) is 9.73 Å². The first kappa shape index (κ1) is 30.4. The molecule has 0 bridgehead atoms. The van der Waals surface area contributed by atoms with Crippen LogP contribution in [-0.4, -0.2) is 60.6 Å². The SMILES string of the molecule is CC1=C/CC(C)\C=C2/C(=N/1)N(c1ccccc1)CCC(=O)N2C.Cc1ccc(N2CCC(O)CC2)cc1OC(C)C. The van der Waals surface area contributed by atoms with E-state index in [1.165, 1.54) is 11.3 Å². The number of allylic oxidation sites excluding steroid dienone is 3. The molecule has 0 radical (unpaired) electrons. The lowest BCUT2D eigenvalue weighted by atomic mass is 10.0. The van der Waals surface area contributed by atoms with Crippen molar-refractivity contribution in [2.24, 2.45) is 10.9 Å². The molecule has 3 aliphatic rings. The lowest BCUT2D eigenvalue weighted by Crippen LogP contribution is -2.35. The standard InChI is InChI=1S/C19H23N3O.C15H23NO2/c1-14-9-10-15(2)20-19-17(13-14)21(3)18(23)11-12-22(19)16-7-5-4-6-8-16;1-11(2)18-15-10-13(5-4-12(15)3)16-8-6-14(17)7-9-16/h4-8,10,13-14H,9,11-12H2,1-3H3;4-5,10-11,14,17H,6-9H2,1-3H3/b15-10+,17-13+,20-19-;. The van der Waals surface area contributed by atoms with E-state index < -0.39 is 0 Å². The minimum Gasteiger partial charge on any atom is -0.491 e. The van der Waals surface area contributed by atoms with Crippen molar-refractivity contribution in [3.8, 4) is 5.75 Å². The number of carbonyl (C=O) groups excluding carboxylic acids is 1. The molecule has 1 amide bonds. The molecule has 2 saturated heterocycles. The van der Waals surface area contributed by atoms with E-state index in [1.807, 2.05) is 46.0 Å². The third-order valence-corrected chi connectivity index (χ3v) is 7.71. The van der Waals surface area contributed by atoms with E-state index in [1.54, 1.807) is 4.90 Å². The maximum Gasteiger partial charge on any atom is 0.228 e. The van der Waals surface area contributed by atoms with Crippen molar-refractivity contribution in [3.63, 3.8) is 0 Å². The first-order chi connectivity index (χ1) is 19.6. The van der Waals surface area contributed by atoms with Crippen molar-refractivity contribution in [2.45, 2.75) is 72.5 Å². The lowest BCUT2D eigenvalue weighted by Gasteiger charge is -2.32. The Morgan fingerprint density at radius 1 is 1.00 bits per heavy atom. The van der Waals surface area contributed by atoms with Crippen LogP contribution >= 0.6 is 0 Å². The first-order valence-corrected chi connectivity index (χ1v) is 14.9. The predicted octanol–water partition coefficient (Wildman–Crippen LogP) is 6.32. The number of aliphatic imine (C=N–C) groups is 1. The maximum atomic E-state index is 12.4. The monoisotopic (exact) mass is 558 g/mol. The molecule has 1 atom stereocenters. The Kier molecular flexibility index (Phi) is 10.3. The molecule has 41 heavy (non-hydrogen) atoms. The average molecular weight is 559 g/mol. The van der Waals surface area contributed by atoms with Crippen LogP contribution in [0.5, 0.6) is 5.75 Å². The molecular weight excluding hydrogens is 512 g/mol. The number of aliphatic hydroxyl groups excluding tert-OH is 1. The van der Waals surface area contributed by atoms with Gasteiger partial charge in [0.1, 0.15) is 5.75 Å². The molecule has 0 aliphatic carbocycles. The van der Waals surface area contributed by atoms with Crippen molar-refractivity contribution in [2.75, 3.05) is 36.5 Å². The molecule has 2 fully saturated rings. The van der Waals surface area contributed by atoms with Crippen LogP contribution in [0, 0.1) is 12.8 Å². The Hall–Kier alpha value is -3.58. The topological polar surface area (TPSA) is 68.6 Å². The van der Waals surface area contributed by atoms with Crippen LogP contribution in [0.3, 0.4) is 0 Å². The molecule has 0 aromatic heterocycles. The minimum atomic E-state index is -0.127. The van der Waals surface area contributed by atoms with Gasteiger partial charge in [0.15, 0.2) is 5.84 Å². The van der Waals surface area contributed by atoms with Gasteiger partial charge in [-0.2, -0.15) is 0 Å². The zero-order valence-electron chi connectivity index (χ0n) is 25.5. The number of amidine groups is 1. The maximum absolute atomic E-state index is 12.4. The summed E-state index contributed by atoms with van der Waals surface area (Å²) in [5, 5.41) is 9.54. The number of anilines is 2. The Balaban J connectivity index is 0.000000195. The number of para-hydroxylation sites is 1. The number of aliphatic hydroxyl groups is 1. The number of nitrogens with zero attached hydrogens (tertiary/aromatic N) is 4. The van der Waals surface area contributed by atoms with Crippen LogP contribution in [0.1, 0.15) is 58.9 Å². The highest BCUT2D eigenvalue weighted by Crippen LogP contribution is 2.29. The second-order valence-electron chi connectivity index (χ2n) is 11.6. The summed E-state index contributed by atoms with van der Waals surface area (Å²) in [6, 6.07) is 16.5. The summed E-state index contributed by atoms with van der Waals surface area (Å²) in [6.45, 7) is 12.9. The second-order valence-corrected chi connectivity index (χ2v) is 11.6. The largest absolute Gasteiger partial charge is 0.491 e. The summed E-state index contributed by atoms with van der Waals surface area (Å²) >= 11 is 0. The zero-order valence-corrected chi connectivity index (χ0v) is 25.5. The lowest BCUT2D eigenvalue weighted by molar-refractivity contribution is -0.127. The predicted molar refractivity (Wildman–Crippen MR) is 169 cm³/mol. The number of hydrogen-bond donors (Lipinski definition) is 1. The summed E-state index contributed by atoms with van der Waals surface area (Å²) in [5.41, 5.74) is 5.35. The number of hydrogen-bond acceptors (Lipinski definition) is 6. The molecule has 7 heteroatoms. The number of ether oxygens (including phenoxy) is 1. The third-order valence-electron chi connectivity index (χ3n) is 7.71. The van der Waals surface area contributed by atoms with E-state index >= 15 is 0 Å². The van der Waals surface area contributed by atoms with Crippen LogP contribution < -0.4 is 14.5 Å². The van der Waals surface area contributed by atoms with E-state index in [0.717, 1.165) is 61.0 Å². The van der Waals surface area contributed by atoms with Gasteiger partial charge in [-0.05, 0) is 76.6 Å². The zero-order chi connectivity index (χ0) is 29.5. The minimum absolute atomic E-state index is 0.127. The van der Waals surface area contributed by atoms with Gasteiger partial charge in [-0.3, -0.25) is 4.79 Å². The number of rotatable bonds is 4.